The number of hydrogen-bond acceptors (Lipinski definition) is 3. The minimum atomic E-state index is 0.0210. The van der Waals surface area contributed by atoms with Crippen LogP contribution in [0.25, 0.3) is 0 Å². The first-order valence-corrected chi connectivity index (χ1v) is 6.49. The number of aromatic nitrogens is 1. The van der Waals surface area contributed by atoms with E-state index in [1.165, 1.54) is 0 Å². The lowest BCUT2D eigenvalue weighted by atomic mass is 10.2. The second-order valence-electron chi connectivity index (χ2n) is 3.78. The zero-order valence-corrected chi connectivity index (χ0v) is 11.0. The van der Waals surface area contributed by atoms with Crippen LogP contribution < -0.4 is 5.73 Å². The van der Waals surface area contributed by atoms with Crippen molar-refractivity contribution in [2.75, 3.05) is 0 Å². The summed E-state index contributed by atoms with van der Waals surface area (Å²) in [5, 5.41) is 1.68. The molecular formula is C13H13ClN2S. The molecule has 2 rings (SSSR count). The summed E-state index contributed by atoms with van der Waals surface area (Å²) in [6, 6.07) is 11.7. The molecule has 0 aliphatic heterocycles. The molecule has 1 aromatic carbocycles. The van der Waals surface area contributed by atoms with Gasteiger partial charge in [0.25, 0.3) is 0 Å². The molecule has 0 spiro atoms. The molecule has 17 heavy (non-hydrogen) atoms. The number of hydrogen-bond donors (Lipinski definition) is 1. The van der Waals surface area contributed by atoms with Gasteiger partial charge in [-0.25, -0.2) is 4.98 Å². The minimum absolute atomic E-state index is 0.0210. The van der Waals surface area contributed by atoms with Crippen LogP contribution in [0.5, 0.6) is 0 Å². The maximum Gasteiger partial charge on any atom is 0.101 e. The van der Waals surface area contributed by atoms with E-state index in [2.05, 4.69) is 4.98 Å². The summed E-state index contributed by atoms with van der Waals surface area (Å²) in [6.45, 7) is 1.95. The summed E-state index contributed by atoms with van der Waals surface area (Å²) in [7, 11) is 0. The zero-order chi connectivity index (χ0) is 12.3. The second kappa shape index (κ2) is 5.54. The summed E-state index contributed by atoms with van der Waals surface area (Å²) in [4.78, 5) is 5.45. The van der Waals surface area contributed by atoms with Crippen molar-refractivity contribution in [1.82, 2.24) is 4.98 Å². The van der Waals surface area contributed by atoms with E-state index in [4.69, 9.17) is 17.3 Å². The van der Waals surface area contributed by atoms with E-state index < -0.39 is 0 Å². The van der Waals surface area contributed by atoms with E-state index in [1.807, 2.05) is 49.5 Å². The Morgan fingerprint density at radius 2 is 2.12 bits per heavy atom. The number of halogens is 1. The molecule has 88 valence electrons. The first-order chi connectivity index (χ1) is 8.15. The summed E-state index contributed by atoms with van der Waals surface area (Å²) in [5.74, 6) is 0. The number of nitrogens with zero attached hydrogens (tertiary/aromatic N) is 1. The number of rotatable bonds is 3. The van der Waals surface area contributed by atoms with Crippen LogP contribution in [-0.4, -0.2) is 4.98 Å². The number of nitrogens with two attached hydrogens (primary N) is 1. The molecule has 0 aliphatic rings. The molecule has 1 heterocycles. The Balaban J connectivity index is 2.14. The predicted octanol–water partition coefficient (Wildman–Crippen LogP) is 3.91. The molecule has 0 unspecified atom stereocenters. The Morgan fingerprint density at radius 3 is 2.71 bits per heavy atom. The van der Waals surface area contributed by atoms with Crippen molar-refractivity contribution in [2.45, 2.75) is 22.9 Å². The Hall–Kier alpha value is -1.03. The predicted molar refractivity (Wildman–Crippen MR) is 72.4 cm³/mol. The third kappa shape index (κ3) is 3.46. The first kappa shape index (κ1) is 12.4. The minimum Gasteiger partial charge on any atom is -0.324 e. The third-order valence-corrected chi connectivity index (χ3v) is 3.48. The van der Waals surface area contributed by atoms with E-state index in [-0.39, 0.29) is 6.04 Å². The lowest BCUT2D eigenvalue weighted by molar-refractivity contribution is 0.806. The normalized spacial score (nSPS) is 12.4. The quantitative estimate of drug-likeness (QED) is 0.914. The summed E-state index contributed by atoms with van der Waals surface area (Å²) in [6.07, 6.45) is 1.82. The van der Waals surface area contributed by atoms with E-state index in [0.29, 0.717) is 0 Å². The Bertz CT molecular complexity index is 497. The van der Waals surface area contributed by atoms with Crippen LogP contribution >= 0.6 is 23.4 Å². The van der Waals surface area contributed by atoms with Crippen LogP contribution in [-0.2, 0) is 0 Å². The van der Waals surface area contributed by atoms with Crippen LogP contribution in [0, 0.1) is 0 Å². The van der Waals surface area contributed by atoms with E-state index in [9.17, 15) is 0 Å². The SMILES string of the molecule is C[C@@H](N)c1ccc(Sc2cccc(Cl)c2)nc1. The highest BCUT2D eigenvalue weighted by Crippen LogP contribution is 2.28. The average molecular weight is 265 g/mol. The summed E-state index contributed by atoms with van der Waals surface area (Å²) >= 11 is 7.51. The first-order valence-electron chi connectivity index (χ1n) is 5.30. The van der Waals surface area contributed by atoms with E-state index >= 15 is 0 Å². The van der Waals surface area contributed by atoms with Gasteiger partial charge in [0.2, 0.25) is 0 Å². The zero-order valence-electron chi connectivity index (χ0n) is 9.43. The molecule has 0 fully saturated rings. The van der Waals surface area contributed by atoms with E-state index in [0.717, 1.165) is 20.5 Å². The van der Waals surface area contributed by atoms with Gasteiger partial charge >= 0.3 is 0 Å². The highest BCUT2D eigenvalue weighted by Gasteiger charge is 2.02. The van der Waals surface area contributed by atoms with Gasteiger partial charge in [0.05, 0.1) is 0 Å². The van der Waals surface area contributed by atoms with Crippen molar-refractivity contribution in [2.24, 2.45) is 5.73 Å². The fraction of sp³-hybridized carbons (Fsp3) is 0.154. The Kier molecular flexibility index (Phi) is 4.05. The standard InChI is InChI=1S/C13H13ClN2S/c1-9(15)10-5-6-13(16-8-10)17-12-4-2-3-11(14)7-12/h2-9H,15H2,1H3/t9-/m1/s1. The van der Waals surface area contributed by atoms with Gasteiger partial charge in [-0.3, -0.25) is 0 Å². The fourth-order valence-corrected chi connectivity index (χ4v) is 2.44. The highest BCUT2D eigenvalue weighted by atomic mass is 35.5. The molecule has 0 radical (unpaired) electrons. The van der Waals surface area contributed by atoms with Crippen LogP contribution in [0.1, 0.15) is 18.5 Å². The molecule has 4 heteroatoms. The molecular weight excluding hydrogens is 252 g/mol. The molecule has 2 N–H and O–H groups in total. The molecule has 1 atom stereocenters. The van der Waals surface area contributed by atoms with Crippen LogP contribution in [0.4, 0.5) is 0 Å². The van der Waals surface area contributed by atoms with Crippen LogP contribution in [0.15, 0.2) is 52.5 Å². The maximum atomic E-state index is 5.93. The molecule has 2 nitrogen and oxygen atoms in total. The molecule has 0 saturated heterocycles. The summed E-state index contributed by atoms with van der Waals surface area (Å²) < 4.78 is 0. The maximum absolute atomic E-state index is 5.93. The third-order valence-electron chi connectivity index (χ3n) is 2.30. The van der Waals surface area contributed by atoms with Gasteiger partial charge in [0, 0.05) is 22.2 Å². The van der Waals surface area contributed by atoms with Gasteiger partial charge in [-0.2, -0.15) is 0 Å². The fourth-order valence-electron chi connectivity index (χ4n) is 1.37. The topological polar surface area (TPSA) is 38.9 Å². The van der Waals surface area contributed by atoms with Crippen molar-refractivity contribution in [1.29, 1.82) is 0 Å². The smallest absolute Gasteiger partial charge is 0.101 e. The van der Waals surface area contributed by atoms with Crippen LogP contribution in [0.3, 0.4) is 0 Å². The van der Waals surface area contributed by atoms with Gasteiger partial charge in [-0.1, -0.05) is 35.5 Å². The Labute approximate surface area is 110 Å². The van der Waals surface area contributed by atoms with Gasteiger partial charge in [0.1, 0.15) is 5.03 Å². The van der Waals surface area contributed by atoms with Gasteiger partial charge < -0.3 is 5.73 Å². The monoisotopic (exact) mass is 264 g/mol. The van der Waals surface area contributed by atoms with Crippen molar-refractivity contribution < 1.29 is 0 Å². The molecule has 0 amide bonds. The molecule has 0 bridgehead atoms. The lowest BCUT2D eigenvalue weighted by Gasteiger charge is -2.06. The van der Waals surface area contributed by atoms with Crippen molar-refractivity contribution >= 4 is 23.4 Å². The van der Waals surface area contributed by atoms with Crippen molar-refractivity contribution in [3.8, 4) is 0 Å². The van der Waals surface area contributed by atoms with Gasteiger partial charge in [0.15, 0.2) is 0 Å². The Morgan fingerprint density at radius 1 is 1.29 bits per heavy atom. The average Bonchev–Trinajstić information content (AvgIpc) is 2.29. The van der Waals surface area contributed by atoms with Gasteiger partial charge in [-0.15, -0.1) is 0 Å². The van der Waals surface area contributed by atoms with Crippen molar-refractivity contribution in [3.63, 3.8) is 0 Å². The highest BCUT2D eigenvalue weighted by molar-refractivity contribution is 7.99. The van der Waals surface area contributed by atoms with Crippen molar-refractivity contribution in [3.05, 3.63) is 53.2 Å². The lowest BCUT2D eigenvalue weighted by Crippen LogP contribution is -2.04. The van der Waals surface area contributed by atoms with Crippen LogP contribution in [0.2, 0.25) is 5.02 Å². The largest absolute Gasteiger partial charge is 0.324 e. The van der Waals surface area contributed by atoms with Gasteiger partial charge in [-0.05, 0) is 36.8 Å². The molecule has 2 aromatic rings. The number of benzene rings is 1. The van der Waals surface area contributed by atoms with E-state index in [1.54, 1.807) is 11.8 Å². The number of pyridine rings is 1. The summed E-state index contributed by atoms with van der Waals surface area (Å²) in [5.41, 5.74) is 6.81. The molecule has 0 saturated carbocycles. The molecule has 0 aliphatic carbocycles. The second-order valence-corrected chi connectivity index (χ2v) is 5.31. The molecule has 1 aromatic heterocycles.